The van der Waals surface area contributed by atoms with Gasteiger partial charge in [-0.3, -0.25) is 4.79 Å². The molecule has 0 radical (unpaired) electrons. The number of carbonyl (C=O) groups is 1. The first-order valence-corrected chi connectivity index (χ1v) is 8.48. The molecule has 0 aliphatic rings. The number of carbonyl (C=O) groups excluding carboxylic acids is 1. The molecule has 132 valence electrons. The number of rotatable bonds is 5. The number of hydrogen-bond donors (Lipinski definition) is 1. The van der Waals surface area contributed by atoms with Crippen molar-refractivity contribution in [1.29, 1.82) is 0 Å². The Kier molecular flexibility index (Phi) is 5.03. The van der Waals surface area contributed by atoms with Crippen LogP contribution >= 0.6 is 0 Å². The maximum atomic E-state index is 13.1. The molecule has 0 saturated carbocycles. The molecule has 1 N–H and O–H groups in total. The van der Waals surface area contributed by atoms with Crippen LogP contribution in [-0.2, 0) is 28.6 Å². The van der Waals surface area contributed by atoms with Crippen molar-refractivity contribution in [2.24, 2.45) is 7.05 Å². The van der Waals surface area contributed by atoms with Gasteiger partial charge in [-0.2, -0.15) is 4.57 Å². The molecule has 0 spiro atoms. The van der Waals surface area contributed by atoms with Crippen LogP contribution < -0.4 is 4.57 Å². The second-order valence-corrected chi connectivity index (χ2v) is 6.38. The molecule has 1 heterocycles. The van der Waals surface area contributed by atoms with Gasteiger partial charge in [-0.15, -0.1) is 0 Å². The fourth-order valence-corrected chi connectivity index (χ4v) is 3.03. The van der Waals surface area contributed by atoms with Crippen molar-refractivity contribution < 1.29 is 19.2 Å². The first-order chi connectivity index (χ1) is 12.5. The van der Waals surface area contributed by atoms with Gasteiger partial charge in [0.25, 0.3) is 5.69 Å². The second-order valence-electron chi connectivity index (χ2n) is 6.38. The molecule has 0 bridgehead atoms. The Balaban J connectivity index is 1.94. The summed E-state index contributed by atoms with van der Waals surface area (Å²) >= 11 is 0. The lowest BCUT2D eigenvalue weighted by Gasteiger charge is -2.28. The summed E-state index contributed by atoms with van der Waals surface area (Å²) in [5, 5.41) is 10.0. The number of aryl methyl sites for hydroxylation is 1. The van der Waals surface area contributed by atoms with Gasteiger partial charge in [0.2, 0.25) is 0 Å². The van der Waals surface area contributed by atoms with E-state index in [1.54, 1.807) is 29.9 Å². The number of aromatic hydroxyl groups is 1. The summed E-state index contributed by atoms with van der Waals surface area (Å²) in [4.78, 5) is 13.1. The summed E-state index contributed by atoms with van der Waals surface area (Å²) in [5.41, 5.74) is 1.32. The largest absolute Gasteiger partial charge is 0.502 e. The van der Waals surface area contributed by atoms with Gasteiger partial charge in [0.1, 0.15) is 12.5 Å². The Hall–Kier alpha value is -3.14. The summed E-state index contributed by atoms with van der Waals surface area (Å²) < 4.78 is 7.39. The predicted molar refractivity (Wildman–Crippen MR) is 98.4 cm³/mol. The Labute approximate surface area is 153 Å². The fraction of sp³-hybridized carbons (Fsp3) is 0.182. The maximum absolute atomic E-state index is 13.1. The van der Waals surface area contributed by atoms with Gasteiger partial charge in [-0.25, -0.2) is 0 Å². The highest BCUT2D eigenvalue weighted by Gasteiger charge is 2.39. The van der Waals surface area contributed by atoms with Crippen molar-refractivity contribution in [3.63, 3.8) is 0 Å². The molecule has 3 aromatic rings. The van der Waals surface area contributed by atoms with E-state index in [0.29, 0.717) is 5.69 Å². The summed E-state index contributed by atoms with van der Waals surface area (Å²) in [6, 6.07) is 22.5. The number of pyridine rings is 1. The van der Waals surface area contributed by atoms with Gasteiger partial charge in [0, 0.05) is 6.07 Å². The van der Waals surface area contributed by atoms with Crippen molar-refractivity contribution in [2.45, 2.75) is 18.9 Å². The molecular weight excluding hydrogens is 326 g/mol. The highest BCUT2D eigenvalue weighted by Crippen LogP contribution is 2.33. The number of esters is 1. The molecule has 0 saturated heterocycles. The smallest absolute Gasteiger partial charge is 0.321 e. The minimum Gasteiger partial charge on any atom is -0.502 e. The van der Waals surface area contributed by atoms with Gasteiger partial charge < -0.3 is 9.84 Å². The normalized spacial score (nSPS) is 11.2. The molecule has 26 heavy (non-hydrogen) atoms. The summed E-state index contributed by atoms with van der Waals surface area (Å²) in [5.74, 6) is -0.262. The van der Waals surface area contributed by atoms with E-state index >= 15 is 0 Å². The average Bonchev–Trinajstić information content (AvgIpc) is 2.68. The second kappa shape index (κ2) is 7.40. The minimum atomic E-state index is -0.939. The van der Waals surface area contributed by atoms with E-state index in [1.165, 1.54) is 0 Å². The molecule has 4 heteroatoms. The van der Waals surface area contributed by atoms with Crippen LogP contribution in [0.4, 0.5) is 0 Å². The standard InChI is InChI=1S/C22H21NO3/c1-22(17-10-5-3-6-11-17,18-12-7-4-8-13-18)21(25)26-16-19-20(24)14-9-15-23(19)2/h3-15H,16H2,1-2H3/p+1. The van der Waals surface area contributed by atoms with E-state index < -0.39 is 5.41 Å². The zero-order valence-electron chi connectivity index (χ0n) is 14.9. The molecule has 0 aliphatic carbocycles. The summed E-state index contributed by atoms with van der Waals surface area (Å²) in [7, 11) is 1.80. The number of hydrogen-bond acceptors (Lipinski definition) is 3. The molecule has 1 aromatic heterocycles. The SMILES string of the molecule is C[n+]1cccc(O)c1COC(=O)C(C)(c1ccccc1)c1ccccc1. The predicted octanol–water partition coefficient (Wildman–Crippen LogP) is 3.27. The fourth-order valence-electron chi connectivity index (χ4n) is 3.03. The number of ether oxygens (including phenoxy) is 1. The molecule has 0 aliphatic heterocycles. The monoisotopic (exact) mass is 348 g/mol. The average molecular weight is 348 g/mol. The van der Waals surface area contributed by atoms with Crippen molar-refractivity contribution in [2.75, 3.05) is 0 Å². The molecule has 2 aromatic carbocycles. The van der Waals surface area contributed by atoms with Gasteiger partial charge in [-0.1, -0.05) is 60.7 Å². The molecule has 0 fully saturated rings. The zero-order valence-corrected chi connectivity index (χ0v) is 14.9. The highest BCUT2D eigenvalue weighted by atomic mass is 16.5. The maximum Gasteiger partial charge on any atom is 0.321 e. The topological polar surface area (TPSA) is 50.4 Å². The third-order valence-corrected chi connectivity index (χ3v) is 4.74. The van der Waals surface area contributed by atoms with E-state index in [9.17, 15) is 9.90 Å². The first-order valence-electron chi connectivity index (χ1n) is 8.48. The number of aromatic nitrogens is 1. The lowest BCUT2D eigenvalue weighted by atomic mass is 9.76. The van der Waals surface area contributed by atoms with E-state index in [1.807, 2.05) is 67.6 Å². The van der Waals surface area contributed by atoms with Crippen molar-refractivity contribution >= 4 is 5.97 Å². The Morgan fingerprint density at radius 2 is 1.50 bits per heavy atom. The Bertz CT molecular complexity index is 832. The third kappa shape index (κ3) is 3.31. The van der Waals surface area contributed by atoms with Crippen LogP contribution in [0.1, 0.15) is 23.7 Å². The summed E-state index contributed by atoms with van der Waals surface area (Å²) in [6.45, 7) is 1.86. The third-order valence-electron chi connectivity index (χ3n) is 4.74. The van der Waals surface area contributed by atoms with Gasteiger partial charge in [-0.05, 0) is 24.1 Å². The van der Waals surface area contributed by atoms with Crippen molar-refractivity contribution in [3.05, 3.63) is 95.8 Å². The van der Waals surface area contributed by atoms with Crippen LogP contribution in [-0.4, -0.2) is 11.1 Å². The van der Waals surface area contributed by atoms with Gasteiger partial charge in [0.05, 0.1) is 0 Å². The molecule has 3 rings (SSSR count). The van der Waals surface area contributed by atoms with Crippen LogP contribution in [0.2, 0.25) is 0 Å². The van der Waals surface area contributed by atoms with E-state index in [2.05, 4.69) is 0 Å². The zero-order chi connectivity index (χ0) is 18.6. The minimum absolute atomic E-state index is 0.00271. The first kappa shape index (κ1) is 17.7. The lowest BCUT2D eigenvalue weighted by molar-refractivity contribution is -0.681. The van der Waals surface area contributed by atoms with Crippen LogP contribution in [0.5, 0.6) is 5.75 Å². The van der Waals surface area contributed by atoms with E-state index in [4.69, 9.17) is 4.74 Å². The van der Waals surface area contributed by atoms with Crippen molar-refractivity contribution in [1.82, 2.24) is 0 Å². The Morgan fingerprint density at radius 3 is 2.00 bits per heavy atom. The van der Waals surface area contributed by atoms with Crippen LogP contribution in [0.25, 0.3) is 0 Å². The van der Waals surface area contributed by atoms with E-state index in [-0.39, 0.29) is 18.3 Å². The molecule has 4 nitrogen and oxygen atoms in total. The molecule has 0 unspecified atom stereocenters. The molecule has 0 atom stereocenters. The molecule has 0 amide bonds. The highest BCUT2D eigenvalue weighted by molar-refractivity contribution is 5.87. The van der Waals surface area contributed by atoms with Crippen LogP contribution in [0, 0.1) is 0 Å². The number of nitrogens with zero attached hydrogens (tertiary/aromatic N) is 1. The molecular formula is C22H22NO3+. The Morgan fingerprint density at radius 1 is 0.962 bits per heavy atom. The van der Waals surface area contributed by atoms with Gasteiger partial charge >= 0.3 is 5.97 Å². The lowest BCUT2D eigenvalue weighted by Crippen LogP contribution is -2.38. The quantitative estimate of drug-likeness (QED) is 0.569. The van der Waals surface area contributed by atoms with Crippen LogP contribution in [0.15, 0.2) is 79.0 Å². The van der Waals surface area contributed by atoms with Crippen molar-refractivity contribution in [3.8, 4) is 5.75 Å². The van der Waals surface area contributed by atoms with E-state index in [0.717, 1.165) is 11.1 Å². The summed E-state index contributed by atoms with van der Waals surface area (Å²) in [6.07, 6.45) is 1.80. The number of benzene rings is 2. The van der Waals surface area contributed by atoms with Crippen LogP contribution in [0.3, 0.4) is 0 Å². The van der Waals surface area contributed by atoms with Gasteiger partial charge in [0.15, 0.2) is 18.6 Å².